The van der Waals surface area contributed by atoms with Crippen molar-refractivity contribution in [1.82, 2.24) is 4.98 Å². The smallest absolute Gasteiger partial charge is 0.137 e. The Balaban J connectivity index is 2.24. The van der Waals surface area contributed by atoms with Crippen LogP contribution < -0.4 is 5.73 Å². The maximum atomic E-state index is 5.74. The van der Waals surface area contributed by atoms with Crippen molar-refractivity contribution in [2.75, 3.05) is 5.73 Å². The van der Waals surface area contributed by atoms with Crippen molar-refractivity contribution in [2.24, 2.45) is 0 Å². The highest BCUT2D eigenvalue weighted by atomic mass is 32.2. The zero-order valence-electron chi connectivity index (χ0n) is 7.55. The van der Waals surface area contributed by atoms with E-state index in [-0.39, 0.29) is 0 Å². The number of rotatable bonds is 2. The minimum Gasteiger partial charge on any atom is -0.383 e. The summed E-state index contributed by atoms with van der Waals surface area (Å²) < 4.78 is 0. The average molecular weight is 202 g/mol. The summed E-state index contributed by atoms with van der Waals surface area (Å²) in [6.07, 6.45) is 1.70. The summed E-state index contributed by atoms with van der Waals surface area (Å²) in [6, 6.07) is 14.0. The molecule has 0 aliphatic heterocycles. The van der Waals surface area contributed by atoms with Gasteiger partial charge in [-0.05, 0) is 24.3 Å². The van der Waals surface area contributed by atoms with Crippen LogP contribution in [0.3, 0.4) is 0 Å². The summed E-state index contributed by atoms with van der Waals surface area (Å²) in [5.74, 6) is 0.585. The van der Waals surface area contributed by atoms with Gasteiger partial charge < -0.3 is 5.73 Å². The first-order valence-corrected chi connectivity index (χ1v) is 5.11. The number of nitrogens with zero attached hydrogens (tertiary/aromatic N) is 1. The third-order valence-electron chi connectivity index (χ3n) is 1.77. The molecule has 0 bridgehead atoms. The maximum Gasteiger partial charge on any atom is 0.137 e. The van der Waals surface area contributed by atoms with Gasteiger partial charge in [-0.2, -0.15) is 0 Å². The lowest BCUT2D eigenvalue weighted by atomic mass is 10.4. The average Bonchev–Trinajstić information content (AvgIpc) is 2.23. The first-order valence-electron chi connectivity index (χ1n) is 4.29. The van der Waals surface area contributed by atoms with Crippen LogP contribution in [0.4, 0.5) is 5.82 Å². The maximum absolute atomic E-state index is 5.74. The molecule has 0 unspecified atom stereocenters. The predicted octanol–water partition coefficient (Wildman–Crippen LogP) is 2.82. The number of hydrogen-bond donors (Lipinski definition) is 1. The van der Waals surface area contributed by atoms with Gasteiger partial charge in [0, 0.05) is 11.1 Å². The summed E-state index contributed by atoms with van der Waals surface area (Å²) in [7, 11) is 0. The van der Waals surface area contributed by atoms with Crippen LogP contribution in [0.1, 0.15) is 0 Å². The Labute approximate surface area is 87.2 Å². The van der Waals surface area contributed by atoms with E-state index in [0.717, 1.165) is 4.90 Å². The minimum absolute atomic E-state index is 0.585. The molecule has 1 heterocycles. The van der Waals surface area contributed by atoms with Crippen molar-refractivity contribution < 1.29 is 0 Å². The summed E-state index contributed by atoms with van der Waals surface area (Å²) in [5, 5.41) is 0. The molecule has 3 heteroatoms. The van der Waals surface area contributed by atoms with Crippen LogP contribution in [0.5, 0.6) is 0 Å². The van der Waals surface area contributed by atoms with Gasteiger partial charge in [-0.3, -0.25) is 0 Å². The number of pyridine rings is 1. The van der Waals surface area contributed by atoms with Gasteiger partial charge in [0.1, 0.15) is 5.82 Å². The summed E-state index contributed by atoms with van der Waals surface area (Å²) in [4.78, 5) is 6.20. The third-order valence-corrected chi connectivity index (χ3v) is 2.84. The number of anilines is 1. The third kappa shape index (κ3) is 2.06. The van der Waals surface area contributed by atoms with Crippen molar-refractivity contribution >= 4 is 17.6 Å². The van der Waals surface area contributed by atoms with Gasteiger partial charge in [-0.1, -0.05) is 30.0 Å². The SMILES string of the molecule is Nc1ncccc1Sc1ccccc1. The second kappa shape index (κ2) is 4.15. The van der Waals surface area contributed by atoms with E-state index in [0.29, 0.717) is 5.82 Å². The fourth-order valence-corrected chi connectivity index (χ4v) is 1.96. The van der Waals surface area contributed by atoms with Gasteiger partial charge in [0.25, 0.3) is 0 Å². The van der Waals surface area contributed by atoms with Gasteiger partial charge in [-0.15, -0.1) is 0 Å². The lowest BCUT2D eigenvalue weighted by molar-refractivity contribution is 1.25. The van der Waals surface area contributed by atoms with Gasteiger partial charge in [0.15, 0.2) is 0 Å². The van der Waals surface area contributed by atoms with E-state index in [1.165, 1.54) is 4.90 Å². The number of nitrogens with two attached hydrogens (primary N) is 1. The van der Waals surface area contributed by atoms with Crippen LogP contribution in [0, 0.1) is 0 Å². The molecule has 0 spiro atoms. The Kier molecular flexibility index (Phi) is 2.70. The minimum atomic E-state index is 0.585. The lowest BCUT2D eigenvalue weighted by Crippen LogP contribution is -1.90. The first kappa shape index (κ1) is 9.09. The zero-order chi connectivity index (χ0) is 9.80. The van der Waals surface area contributed by atoms with Gasteiger partial charge in [0.05, 0.1) is 4.90 Å². The quantitative estimate of drug-likeness (QED) is 0.813. The predicted molar refractivity (Wildman–Crippen MR) is 59.2 cm³/mol. The molecule has 2 N–H and O–H groups in total. The Morgan fingerprint density at radius 2 is 1.79 bits per heavy atom. The number of nitrogen functional groups attached to an aromatic ring is 1. The fourth-order valence-electron chi connectivity index (χ4n) is 1.10. The normalized spacial score (nSPS) is 10.0. The highest BCUT2D eigenvalue weighted by molar-refractivity contribution is 7.99. The van der Waals surface area contributed by atoms with E-state index in [9.17, 15) is 0 Å². The zero-order valence-corrected chi connectivity index (χ0v) is 8.37. The Hall–Kier alpha value is -1.48. The fraction of sp³-hybridized carbons (Fsp3) is 0. The molecule has 0 saturated heterocycles. The van der Waals surface area contributed by atoms with Crippen LogP contribution >= 0.6 is 11.8 Å². The van der Waals surface area contributed by atoms with Crippen molar-refractivity contribution in [1.29, 1.82) is 0 Å². The molecule has 2 rings (SSSR count). The standard InChI is InChI=1S/C11H10N2S/c12-11-10(7-4-8-13-11)14-9-5-2-1-3-6-9/h1-8H,(H2,12,13). The molecule has 0 aliphatic carbocycles. The van der Waals surface area contributed by atoms with Crippen molar-refractivity contribution in [3.8, 4) is 0 Å². The Morgan fingerprint density at radius 1 is 1.00 bits per heavy atom. The lowest BCUT2D eigenvalue weighted by Gasteiger charge is -2.02. The van der Waals surface area contributed by atoms with Gasteiger partial charge in [0.2, 0.25) is 0 Å². The summed E-state index contributed by atoms with van der Waals surface area (Å²) in [6.45, 7) is 0. The molecule has 0 aliphatic rings. The van der Waals surface area contributed by atoms with Crippen molar-refractivity contribution in [2.45, 2.75) is 9.79 Å². The first-order chi connectivity index (χ1) is 6.86. The van der Waals surface area contributed by atoms with E-state index >= 15 is 0 Å². The molecule has 0 fully saturated rings. The molecule has 2 aromatic rings. The van der Waals surface area contributed by atoms with Crippen LogP contribution in [0.25, 0.3) is 0 Å². The van der Waals surface area contributed by atoms with Crippen LogP contribution in [0.15, 0.2) is 58.5 Å². The number of aromatic nitrogens is 1. The van der Waals surface area contributed by atoms with E-state index in [1.807, 2.05) is 30.3 Å². The van der Waals surface area contributed by atoms with Crippen molar-refractivity contribution in [3.63, 3.8) is 0 Å². The van der Waals surface area contributed by atoms with Gasteiger partial charge >= 0.3 is 0 Å². The second-order valence-corrected chi connectivity index (χ2v) is 3.92. The number of hydrogen-bond acceptors (Lipinski definition) is 3. The van der Waals surface area contributed by atoms with E-state index in [1.54, 1.807) is 18.0 Å². The summed E-state index contributed by atoms with van der Waals surface area (Å²) >= 11 is 1.63. The summed E-state index contributed by atoms with van der Waals surface area (Å²) in [5.41, 5.74) is 5.74. The Bertz CT molecular complexity index is 415. The highest BCUT2D eigenvalue weighted by Crippen LogP contribution is 2.29. The monoisotopic (exact) mass is 202 g/mol. The van der Waals surface area contributed by atoms with Crippen LogP contribution in [-0.4, -0.2) is 4.98 Å². The highest BCUT2D eigenvalue weighted by Gasteiger charge is 2.00. The molecule has 0 amide bonds. The Morgan fingerprint density at radius 3 is 2.50 bits per heavy atom. The molecule has 0 saturated carbocycles. The van der Waals surface area contributed by atoms with E-state index < -0.39 is 0 Å². The second-order valence-electron chi connectivity index (χ2n) is 2.80. The van der Waals surface area contributed by atoms with Gasteiger partial charge in [-0.25, -0.2) is 4.98 Å². The molecule has 0 radical (unpaired) electrons. The molecular weight excluding hydrogens is 192 g/mol. The molecule has 1 aromatic carbocycles. The molecule has 0 atom stereocenters. The molecular formula is C11H10N2S. The van der Waals surface area contributed by atoms with Crippen molar-refractivity contribution in [3.05, 3.63) is 48.7 Å². The largest absolute Gasteiger partial charge is 0.383 e. The van der Waals surface area contributed by atoms with Crippen LogP contribution in [0.2, 0.25) is 0 Å². The topological polar surface area (TPSA) is 38.9 Å². The van der Waals surface area contributed by atoms with E-state index in [4.69, 9.17) is 5.73 Å². The molecule has 1 aromatic heterocycles. The molecule has 70 valence electrons. The molecule has 14 heavy (non-hydrogen) atoms. The number of benzene rings is 1. The van der Waals surface area contributed by atoms with E-state index in [2.05, 4.69) is 17.1 Å². The molecule has 2 nitrogen and oxygen atoms in total. The van der Waals surface area contributed by atoms with Crippen LogP contribution in [-0.2, 0) is 0 Å².